The molecule has 1 fully saturated rings. The number of benzene rings is 1. The molecule has 6 heteroatoms. The Morgan fingerprint density at radius 1 is 1.37 bits per heavy atom. The first-order chi connectivity index (χ1) is 9.20. The van der Waals surface area contributed by atoms with Crippen molar-refractivity contribution in [3.63, 3.8) is 0 Å². The summed E-state index contributed by atoms with van der Waals surface area (Å²) in [6.07, 6.45) is 0.479. The van der Waals surface area contributed by atoms with Crippen molar-refractivity contribution in [1.82, 2.24) is 4.90 Å². The summed E-state index contributed by atoms with van der Waals surface area (Å²) in [5.41, 5.74) is 6.80. The first-order valence-corrected chi connectivity index (χ1v) is 7.80. The first kappa shape index (κ1) is 14.0. The van der Waals surface area contributed by atoms with E-state index in [1.54, 1.807) is 0 Å². The van der Waals surface area contributed by atoms with E-state index in [9.17, 15) is 4.21 Å². The zero-order valence-electron chi connectivity index (χ0n) is 10.7. The maximum absolute atomic E-state index is 11.4. The topological polar surface area (TPSA) is 78.9 Å². The normalized spacial score (nSPS) is 20.3. The summed E-state index contributed by atoms with van der Waals surface area (Å²) in [5, 5.41) is 11.8. The molecule has 1 aromatic rings. The Balaban J connectivity index is 2.17. The maximum Gasteiger partial charge on any atom is 0.141 e. The van der Waals surface area contributed by atoms with E-state index in [4.69, 9.17) is 10.9 Å². The Morgan fingerprint density at radius 3 is 2.58 bits per heavy atom. The number of hydrogen-bond donors (Lipinski definition) is 2. The van der Waals surface area contributed by atoms with E-state index in [1.807, 2.05) is 30.3 Å². The highest BCUT2D eigenvalue weighted by Crippen LogP contribution is 2.25. The Kier molecular flexibility index (Phi) is 4.93. The van der Waals surface area contributed by atoms with Gasteiger partial charge in [-0.1, -0.05) is 35.5 Å². The molecule has 2 rings (SSSR count). The molecular formula is C13H19N3O2S. The zero-order valence-corrected chi connectivity index (χ0v) is 11.6. The van der Waals surface area contributed by atoms with Crippen molar-refractivity contribution in [3.05, 3.63) is 35.9 Å². The second-order valence-corrected chi connectivity index (χ2v) is 6.30. The van der Waals surface area contributed by atoms with E-state index in [0.29, 0.717) is 17.9 Å². The third-order valence-electron chi connectivity index (χ3n) is 3.37. The standard InChI is InChI=1S/C13H19N3O2S/c14-13(15-17)10-12(11-4-2-1-3-5-11)16-6-8-19(18)9-7-16/h1-5,12,17H,6-10H2,(H2,14,15). The van der Waals surface area contributed by atoms with Gasteiger partial charge in [0, 0.05) is 47.9 Å². The fraction of sp³-hybridized carbons (Fsp3) is 0.462. The van der Waals surface area contributed by atoms with Gasteiger partial charge in [0.15, 0.2) is 0 Å². The minimum Gasteiger partial charge on any atom is -0.409 e. The quantitative estimate of drug-likeness (QED) is 0.372. The average molecular weight is 281 g/mol. The molecule has 1 aliphatic rings. The number of nitrogens with zero attached hydrogens (tertiary/aromatic N) is 2. The lowest BCUT2D eigenvalue weighted by Gasteiger charge is -2.34. The molecular weight excluding hydrogens is 262 g/mol. The van der Waals surface area contributed by atoms with Crippen molar-refractivity contribution < 1.29 is 9.42 Å². The lowest BCUT2D eigenvalue weighted by atomic mass is 10.0. The largest absolute Gasteiger partial charge is 0.409 e. The van der Waals surface area contributed by atoms with Gasteiger partial charge in [-0.3, -0.25) is 9.11 Å². The van der Waals surface area contributed by atoms with Crippen LogP contribution in [0.1, 0.15) is 18.0 Å². The van der Waals surface area contributed by atoms with Crippen LogP contribution in [0.25, 0.3) is 0 Å². The van der Waals surface area contributed by atoms with Crippen LogP contribution >= 0.6 is 0 Å². The number of rotatable bonds is 4. The third kappa shape index (κ3) is 3.78. The molecule has 1 heterocycles. The first-order valence-electron chi connectivity index (χ1n) is 6.31. The van der Waals surface area contributed by atoms with Crippen LogP contribution in [0.4, 0.5) is 0 Å². The molecule has 0 bridgehead atoms. The van der Waals surface area contributed by atoms with Gasteiger partial charge in [0.25, 0.3) is 0 Å². The highest BCUT2D eigenvalue weighted by molar-refractivity contribution is 7.85. The molecule has 1 aromatic carbocycles. The van der Waals surface area contributed by atoms with Gasteiger partial charge in [0.05, 0.1) is 0 Å². The van der Waals surface area contributed by atoms with Crippen LogP contribution < -0.4 is 5.73 Å². The van der Waals surface area contributed by atoms with Gasteiger partial charge < -0.3 is 10.9 Å². The molecule has 1 aliphatic heterocycles. The molecule has 0 amide bonds. The van der Waals surface area contributed by atoms with Gasteiger partial charge in [0.2, 0.25) is 0 Å². The molecule has 1 saturated heterocycles. The Labute approximate surface area is 115 Å². The van der Waals surface area contributed by atoms with E-state index in [2.05, 4.69) is 10.1 Å². The minimum atomic E-state index is -0.701. The monoisotopic (exact) mass is 281 g/mol. The molecule has 0 aromatic heterocycles. The van der Waals surface area contributed by atoms with Gasteiger partial charge >= 0.3 is 0 Å². The van der Waals surface area contributed by atoms with Crippen LogP contribution in [0, 0.1) is 0 Å². The Morgan fingerprint density at radius 2 is 2.00 bits per heavy atom. The fourth-order valence-electron chi connectivity index (χ4n) is 2.34. The fourth-order valence-corrected chi connectivity index (χ4v) is 3.42. The average Bonchev–Trinajstić information content (AvgIpc) is 2.46. The van der Waals surface area contributed by atoms with Gasteiger partial charge in [-0.2, -0.15) is 0 Å². The summed E-state index contributed by atoms with van der Waals surface area (Å²) in [4.78, 5) is 2.26. The lowest BCUT2D eigenvalue weighted by Crippen LogP contribution is -2.41. The van der Waals surface area contributed by atoms with E-state index in [-0.39, 0.29) is 11.9 Å². The molecule has 1 unspecified atom stereocenters. The second-order valence-electron chi connectivity index (χ2n) is 4.61. The summed E-state index contributed by atoms with van der Waals surface area (Å²) in [6, 6.07) is 10.1. The zero-order chi connectivity index (χ0) is 13.7. The Bertz CT molecular complexity index is 454. The molecule has 0 spiro atoms. The predicted molar refractivity (Wildman–Crippen MR) is 76.7 cm³/mol. The SMILES string of the molecule is NC(CC(c1ccccc1)N1CCS(=O)CC1)=NO. The summed E-state index contributed by atoms with van der Waals surface area (Å²) < 4.78 is 11.4. The van der Waals surface area contributed by atoms with Crippen molar-refractivity contribution in [2.24, 2.45) is 10.9 Å². The lowest BCUT2D eigenvalue weighted by molar-refractivity contribution is 0.218. The van der Waals surface area contributed by atoms with Crippen LogP contribution in [-0.4, -0.2) is 44.7 Å². The highest BCUT2D eigenvalue weighted by Gasteiger charge is 2.25. The molecule has 5 nitrogen and oxygen atoms in total. The van der Waals surface area contributed by atoms with Gasteiger partial charge in [-0.05, 0) is 5.56 Å². The number of hydrogen-bond acceptors (Lipinski definition) is 4. The molecule has 19 heavy (non-hydrogen) atoms. The number of amidine groups is 1. The highest BCUT2D eigenvalue weighted by atomic mass is 32.2. The molecule has 104 valence electrons. The van der Waals surface area contributed by atoms with Crippen molar-refractivity contribution in [3.8, 4) is 0 Å². The minimum absolute atomic E-state index is 0.0781. The van der Waals surface area contributed by atoms with Crippen molar-refractivity contribution in [1.29, 1.82) is 0 Å². The van der Waals surface area contributed by atoms with Crippen LogP contribution in [0.3, 0.4) is 0 Å². The predicted octanol–water partition coefficient (Wildman–Crippen LogP) is 0.928. The van der Waals surface area contributed by atoms with Gasteiger partial charge in [-0.15, -0.1) is 0 Å². The summed E-state index contributed by atoms with van der Waals surface area (Å²) in [7, 11) is -0.701. The van der Waals surface area contributed by atoms with E-state index in [1.165, 1.54) is 0 Å². The van der Waals surface area contributed by atoms with Crippen molar-refractivity contribution in [2.45, 2.75) is 12.5 Å². The maximum atomic E-state index is 11.4. The second kappa shape index (κ2) is 6.68. The van der Waals surface area contributed by atoms with E-state index < -0.39 is 10.8 Å². The van der Waals surface area contributed by atoms with Crippen molar-refractivity contribution >= 4 is 16.6 Å². The molecule has 1 atom stereocenters. The van der Waals surface area contributed by atoms with E-state index >= 15 is 0 Å². The summed E-state index contributed by atoms with van der Waals surface area (Å²) in [5.74, 6) is 1.61. The van der Waals surface area contributed by atoms with Gasteiger partial charge in [-0.25, -0.2) is 0 Å². The third-order valence-corrected chi connectivity index (χ3v) is 4.64. The van der Waals surface area contributed by atoms with Crippen LogP contribution in [0.5, 0.6) is 0 Å². The number of oxime groups is 1. The number of nitrogens with two attached hydrogens (primary N) is 1. The molecule has 0 aliphatic carbocycles. The molecule has 0 saturated carbocycles. The molecule has 3 N–H and O–H groups in total. The smallest absolute Gasteiger partial charge is 0.141 e. The summed E-state index contributed by atoms with van der Waals surface area (Å²) in [6.45, 7) is 1.57. The van der Waals surface area contributed by atoms with Crippen LogP contribution in [-0.2, 0) is 10.8 Å². The summed E-state index contributed by atoms with van der Waals surface area (Å²) >= 11 is 0. The van der Waals surface area contributed by atoms with E-state index in [0.717, 1.165) is 18.7 Å². The Hall–Kier alpha value is -1.40. The van der Waals surface area contributed by atoms with Crippen molar-refractivity contribution in [2.75, 3.05) is 24.6 Å². The van der Waals surface area contributed by atoms with Crippen LogP contribution in [0.15, 0.2) is 35.5 Å². The molecule has 0 radical (unpaired) electrons. The van der Waals surface area contributed by atoms with Gasteiger partial charge in [0.1, 0.15) is 5.84 Å². The van der Waals surface area contributed by atoms with Crippen LogP contribution in [0.2, 0.25) is 0 Å².